The van der Waals surface area contributed by atoms with Crippen molar-refractivity contribution in [3.05, 3.63) is 83.4 Å². The zero-order chi connectivity index (χ0) is 13.1. The van der Waals surface area contributed by atoms with Crippen molar-refractivity contribution < 1.29 is 0 Å². The van der Waals surface area contributed by atoms with Crippen LogP contribution in [0, 0.1) is 0 Å². The third-order valence-corrected chi connectivity index (χ3v) is 2.93. The van der Waals surface area contributed by atoms with Gasteiger partial charge in [0.15, 0.2) is 0 Å². The van der Waals surface area contributed by atoms with Gasteiger partial charge in [-0.3, -0.25) is 9.36 Å². The maximum absolute atomic E-state index is 12.5. The number of nitrogens with zero attached hydrogens (tertiary/aromatic N) is 2. The van der Waals surface area contributed by atoms with Crippen LogP contribution in [0.1, 0.15) is 0 Å². The Kier molecular flexibility index (Phi) is 2.94. The molecule has 0 aliphatic rings. The maximum Gasteiger partial charge on any atom is 0.264 e. The standard InChI is InChI=1S/C16H12N2O/c19-16-14(13-7-2-1-3-8-13)9-6-12-18(16)15-10-4-5-11-17-15/h1-12H. The van der Waals surface area contributed by atoms with Gasteiger partial charge in [-0.2, -0.15) is 0 Å². The first-order valence-corrected chi connectivity index (χ1v) is 6.05. The van der Waals surface area contributed by atoms with E-state index in [1.54, 1.807) is 17.0 Å². The molecule has 3 aromatic rings. The van der Waals surface area contributed by atoms with Gasteiger partial charge in [-0.1, -0.05) is 36.4 Å². The number of rotatable bonds is 2. The van der Waals surface area contributed by atoms with E-state index < -0.39 is 0 Å². The van der Waals surface area contributed by atoms with Crippen LogP contribution >= 0.6 is 0 Å². The molecule has 3 heteroatoms. The van der Waals surface area contributed by atoms with Crippen LogP contribution in [-0.4, -0.2) is 9.55 Å². The van der Waals surface area contributed by atoms with E-state index in [0.717, 1.165) is 5.56 Å². The number of hydrogen-bond acceptors (Lipinski definition) is 2. The fourth-order valence-corrected chi connectivity index (χ4v) is 2.01. The fraction of sp³-hybridized carbons (Fsp3) is 0. The highest BCUT2D eigenvalue weighted by atomic mass is 16.1. The summed E-state index contributed by atoms with van der Waals surface area (Å²) in [5.74, 6) is 0.630. The van der Waals surface area contributed by atoms with E-state index in [1.165, 1.54) is 0 Å². The van der Waals surface area contributed by atoms with Crippen molar-refractivity contribution in [1.29, 1.82) is 0 Å². The lowest BCUT2D eigenvalue weighted by Crippen LogP contribution is -2.19. The second kappa shape index (κ2) is 4.90. The molecule has 0 amide bonds. The van der Waals surface area contributed by atoms with E-state index in [9.17, 15) is 4.79 Å². The summed E-state index contributed by atoms with van der Waals surface area (Å²) in [6.45, 7) is 0. The summed E-state index contributed by atoms with van der Waals surface area (Å²) in [6, 6.07) is 18.8. The van der Waals surface area contributed by atoms with Gasteiger partial charge in [-0.05, 0) is 29.8 Å². The lowest BCUT2D eigenvalue weighted by molar-refractivity contribution is 0.943. The molecule has 3 nitrogen and oxygen atoms in total. The normalized spacial score (nSPS) is 10.3. The van der Waals surface area contributed by atoms with Gasteiger partial charge in [-0.25, -0.2) is 4.98 Å². The molecule has 0 saturated heterocycles. The molecule has 0 N–H and O–H groups in total. The van der Waals surface area contributed by atoms with Gasteiger partial charge < -0.3 is 0 Å². The van der Waals surface area contributed by atoms with Crippen LogP contribution in [0.25, 0.3) is 16.9 Å². The lowest BCUT2D eigenvalue weighted by Gasteiger charge is -2.07. The van der Waals surface area contributed by atoms with E-state index in [0.29, 0.717) is 11.4 Å². The topological polar surface area (TPSA) is 34.9 Å². The van der Waals surface area contributed by atoms with Crippen LogP contribution in [0.2, 0.25) is 0 Å². The SMILES string of the molecule is O=c1c(-c2ccccc2)cccn1-c1ccccn1. The van der Waals surface area contributed by atoms with E-state index in [1.807, 2.05) is 60.7 Å². The molecule has 0 unspecified atom stereocenters. The first-order chi connectivity index (χ1) is 9.36. The van der Waals surface area contributed by atoms with Crippen molar-refractivity contribution in [2.24, 2.45) is 0 Å². The molecule has 0 saturated carbocycles. The minimum absolute atomic E-state index is 0.0626. The van der Waals surface area contributed by atoms with Gasteiger partial charge in [0.05, 0.1) is 0 Å². The molecule has 0 aliphatic carbocycles. The van der Waals surface area contributed by atoms with Crippen molar-refractivity contribution in [3.8, 4) is 16.9 Å². The Balaban J connectivity index is 2.18. The first kappa shape index (κ1) is 11.4. The summed E-state index contributed by atoms with van der Waals surface area (Å²) < 4.78 is 1.56. The lowest BCUT2D eigenvalue weighted by atomic mass is 10.1. The van der Waals surface area contributed by atoms with Gasteiger partial charge >= 0.3 is 0 Å². The third-order valence-electron chi connectivity index (χ3n) is 2.93. The summed E-state index contributed by atoms with van der Waals surface area (Å²) in [4.78, 5) is 16.7. The highest BCUT2D eigenvalue weighted by Crippen LogP contribution is 2.14. The van der Waals surface area contributed by atoms with Crippen LogP contribution < -0.4 is 5.56 Å². The highest BCUT2D eigenvalue weighted by Gasteiger charge is 2.06. The molecule has 3 rings (SSSR count). The van der Waals surface area contributed by atoms with Crippen molar-refractivity contribution >= 4 is 0 Å². The van der Waals surface area contributed by atoms with Gasteiger partial charge in [0.2, 0.25) is 0 Å². The van der Waals surface area contributed by atoms with Crippen molar-refractivity contribution in [1.82, 2.24) is 9.55 Å². The fourth-order valence-electron chi connectivity index (χ4n) is 2.01. The van der Waals surface area contributed by atoms with Crippen LogP contribution in [0.3, 0.4) is 0 Å². The molecule has 0 aliphatic heterocycles. The Bertz CT molecular complexity index is 673. The molecule has 0 bridgehead atoms. The molecule has 19 heavy (non-hydrogen) atoms. The zero-order valence-electron chi connectivity index (χ0n) is 10.2. The van der Waals surface area contributed by atoms with Crippen LogP contribution in [-0.2, 0) is 0 Å². The van der Waals surface area contributed by atoms with E-state index in [-0.39, 0.29) is 5.56 Å². The predicted molar refractivity (Wildman–Crippen MR) is 75.3 cm³/mol. The quantitative estimate of drug-likeness (QED) is 0.699. The highest BCUT2D eigenvalue weighted by molar-refractivity contribution is 5.62. The van der Waals surface area contributed by atoms with Crippen molar-refractivity contribution in [2.45, 2.75) is 0 Å². The predicted octanol–water partition coefficient (Wildman–Crippen LogP) is 2.90. The Morgan fingerprint density at radius 1 is 0.842 bits per heavy atom. The Labute approximate surface area is 110 Å². The minimum Gasteiger partial charge on any atom is -0.268 e. The molecule has 1 aromatic carbocycles. The van der Waals surface area contributed by atoms with E-state index in [2.05, 4.69) is 4.98 Å². The van der Waals surface area contributed by atoms with Gasteiger partial charge in [-0.15, -0.1) is 0 Å². The summed E-state index contributed by atoms with van der Waals surface area (Å²) >= 11 is 0. The van der Waals surface area contributed by atoms with Crippen LogP contribution in [0.5, 0.6) is 0 Å². The molecule has 0 spiro atoms. The van der Waals surface area contributed by atoms with Gasteiger partial charge in [0.1, 0.15) is 5.82 Å². The molecule has 92 valence electrons. The second-order valence-corrected chi connectivity index (χ2v) is 4.15. The summed E-state index contributed by atoms with van der Waals surface area (Å²) in [6.07, 6.45) is 3.41. The first-order valence-electron chi connectivity index (χ1n) is 6.05. The smallest absolute Gasteiger partial charge is 0.264 e. The van der Waals surface area contributed by atoms with E-state index >= 15 is 0 Å². The largest absolute Gasteiger partial charge is 0.268 e. The zero-order valence-corrected chi connectivity index (χ0v) is 10.2. The minimum atomic E-state index is -0.0626. The number of hydrogen-bond donors (Lipinski definition) is 0. The van der Waals surface area contributed by atoms with E-state index in [4.69, 9.17) is 0 Å². The van der Waals surface area contributed by atoms with Crippen LogP contribution in [0.15, 0.2) is 77.9 Å². The number of aromatic nitrogens is 2. The molecule has 2 aromatic heterocycles. The van der Waals surface area contributed by atoms with Crippen molar-refractivity contribution in [2.75, 3.05) is 0 Å². The molecule has 0 radical (unpaired) electrons. The Morgan fingerprint density at radius 3 is 2.37 bits per heavy atom. The molecular formula is C16H12N2O. The molecular weight excluding hydrogens is 236 g/mol. The number of pyridine rings is 2. The number of benzene rings is 1. The molecule has 0 fully saturated rings. The summed E-state index contributed by atoms with van der Waals surface area (Å²) in [7, 11) is 0. The van der Waals surface area contributed by atoms with Gasteiger partial charge in [0, 0.05) is 18.0 Å². The maximum atomic E-state index is 12.5. The Morgan fingerprint density at radius 2 is 1.63 bits per heavy atom. The molecule has 0 atom stereocenters. The Hall–Kier alpha value is -2.68. The second-order valence-electron chi connectivity index (χ2n) is 4.15. The third kappa shape index (κ3) is 2.18. The van der Waals surface area contributed by atoms with Crippen LogP contribution in [0.4, 0.5) is 0 Å². The average molecular weight is 248 g/mol. The average Bonchev–Trinajstić information content (AvgIpc) is 2.49. The summed E-state index contributed by atoms with van der Waals surface area (Å²) in [5, 5.41) is 0. The van der Waals surface area contributed by atoms with Crippen molar-refractivity contribution in [3.63, 3.8) is 0 Å². The molecule has 2 heterocycles. The monoisotopic (exact) mass is 248 g/mol. The van der Waals surface area contributed by atoms with Gasteiger partial charge in [0.25, 0.3) is 5.56 Å². The summed E-state index contributed by atoms with van der Waals surface area (Å²) in [5.41, 5.74) is 1.53.